The van der Waals surface area contributed by atoms with E-state index in [9.17, 15) is 0 Å². The van der Waals surface area contributed by atoms with Gasteiger partial charge in [-0.1, -0.05) is 78.9 Å². The summed E-state index contributed by atoms with van der Waals surface area (Å²) in [5.74, 6) is 0. The zero-order valence-electron chi connectivity index (χ0n) is 21.9. The van der Waals surface area contributed by atoms with Gasteiger partial charge in [-0.2, -0.15) is 0 Å². The Balaban J connectivity index is 1.36. The van der Waals surface area contributed by atoms with Crippen LogP contribution >= 0.6 is 11.3 Å². The Labute approximate surface area is 239 Å². The zero-order valence-corrected chi connectivity index (χ0v) is 22.7. The number of aromatic nitrogens is 3. The van der Waals surface area contributed by atoms with Gasteiger partial charge in [-0.25, -0.2) is 4.98 Å². The quantitative estimate of drug-likeness (QED) is 0.205. The Morgan fingerprint density at radius 2 is 1.29 bits per heavy atom. The molecule has 4 aromatic heterocycles. The molecule has 0 radical (unpaired) electrons. The molecule has 0 N–H and O–H groups in total. The number of nitrogens with zero attached hydrogens (tertiary/aromatic N) is 3. The molecule has 0 spiro atoms. The van der Waals surface area contributed by atoms with Crippen LogP contribution in [0, 0.1) is 0 Å². The van der Waals surface area contributed by atoms with E-state index in [-0.39, 0.29) is 0 Å². The lowest BCUT2D eigenvalue weighted by Gasteiger charge is -2.11. The molecule has 0 fully saturated rings. The van der Waals surface area contributed by atoms with Gasteiger partial charge in [0.25, 0.3) is 0 Å². The summed E-state index contributed by atoms with van der Waals surface area (Å²) < 4.78 is 2.59. The van der Waals surface area contributed by atoms with Gasteiger partial charge in [-0.15, -0.1) is 11.3 Å². The van der Waals surface area contributed by atoms with E-state index >= 15 is 0 Å². The number of pyridine rings is 3. The molecule has 0 saturated carbocycles. The largest absolute Gasteiger partial charge is 0.254 e. The predicted molar refractivity (Wildman–Crippen MR) is 174 cm³/mol. The lowest BCUT2D eigenvalue weighted by molar-refractivity contribution is 1.37. The van der Waals surface area contributed by atoms with Crippen LogP contribution in [0.5, 0.6) is 0 Å². The third-order valence-electron chi connectivity index (χ3n) is 8.12. The molecule has 190 valence electrons. The van der Waals surface area contributed by atoms with Crippen molar-refractivity contribution in [2.24, 2.45) is 0 Å². The average molecular weight is 540 g/mol. The van der Waals surface area contributed by atoms with Gasteiger partial charge in [0, 0.05) is 65.1 Å². The van der Waals surface area contributed by atoms with Crippen molar-refractivity contribution in [1.29, 1.82) is 0 Å². The molecule has 4 heterocycles. The molecule has 9 aromatic rings. The van der Waals surface area contributed by atoms with Crippen molar-refractivity contribution in [1.82, 2.24) is 15.0 Å². The van der Waals surface area contributed by atoms with E-state index in [1.165, 1.54) is 47.5 Å². The molecule has 0 atom stereocenters. The van der Waals surface area contributed by atoms with E-state index in [0.717, 1.165) is 38.6 Å². The molecule has 0 aliphatic carbocycles. The highest BCUT2D eigenvalue weighted by Crippen LogP contribution is 2.44. The second-order valence-corrected chi connectivity index (χ2v) is 11.5. The molecular weight excluding hydrogens is 518 g/mol. The van der Waals surface area contributed by atoms with Crippen molar-refractivity contribution < 1.29 is 0 Å². The molecule has 0 saturated heterocycles. The van der Waals surface area contributed by atoms with Crippen LogP contribution < -0.4 is 0 Å². The summed E-state index contributed by atoms with van der Waals surface area (Å²) in [5.41, 5.74) is 7.43. The van der Waals surface area contributed by atoms with Crippen LogP contribution in [-0.4, -0.2) is 15.0 Å². The number of para-hydroxylation sites is 1. The number of hydrogen-bond acceptors (Lipinski definition) is 4. The van der Waals surface area contributed by atoms with Gasteiger partial charge in [0.15, 0.2) is 0 Å². The minimum Gasteiger partial charge on any atom is -0.254 e. The highest BCUT2D eigenvalue weighted by Gasteiger charge is 2.17. The third kappa shape index (κ3) is 3.35. The predicted octanol–water partition coefficient (Wildman–Crippen LogP) is 10.2. The van der Waals surface area contributed by atoms with Crippen molar-refractivity contribution in [2.75, 3.05) is 0 Å². The third-order valence-corrected chi connectivity index (χ3v) is 9.32. The van der Waals surface area contributed by atoms with E-state index in [1.807, 2.05) is 35.9 Å². The first-order valence-corrected chi connectivity index (χ1v) is 14.5. The lowest BCUT2D eigenvalue weighted by atomic mass is 9.95. The maximum atomic E-state index is 5.14. The van der Waals surface area contributed by atoms with Gasteiger partial charge in [0.05, 0.1) is 22.2 Å². The van der Waals surface area contributed by atoms with Gasteiger partial charge < -0.3 is 0 Å². The Morgan fingerprint density at radius 1 is 0.512 bits per heavy atom. The highest BCUT2D eigenvalue weighted by atomic mass is 32.1. The van der Waals surface area contributed by atoms with Crippen LogP contribution in [0.3, 0.4) is 0 Å². The minimum atomic E-state index is 0.939. The maximum absolute atomic E-state index is 5.14. The highest BCUT2D eigenvalue weighted by molar-refractivity contribution is 7.26. The Hall–Kier alpha value is -5.19. The van der Waals surface area contributed by atoms with Gasteiger partial charge >= 0.3 is 0 Å². The molecule has 0 amide bonds. The number of thiophene rings is 1. The maximum Gasteiger partial charge on any atom is 0.0970 e. The fourth-order valence-corrected chi connectivity index (χ4v) is 7.51. The van der Waals surface area contributed by atoms with E-state index in [0.29, 0.717) is 0 Å². The van der Waals surface area contributed by atoms with E-state index in [2.05, 4.69) is 108 Å². The molecule has 4 heteroatoms. The minimum absolute atomic E-state index is 0.939. The standard InChI is InChI=1S/C37H21N3S/c1-2-8-22(9-3-1)34-28-16-15-26-30-20-23(29-21-24-10-6-18-38-35(24)36-25(29)12-7-19-39-36)14-17-32(30)41-37(26)33(28)27-11-4-5-13-31(27)40-34/h1-21H. The van der Waals surface area contributed by atoms with Crippen molar-refractivity contribution in [3.05, 3.63) is 128 Å². The van der Waals surface area contributed by atoms with Gasteiger partial charge in [-0.3, -0.25) is 9.97 Å². The number of fused-ring (bicyclic) bond motifs is 10. The molecule has 9 rings (SSSR count). The average Bonchev–Trinajstić information content (AvgIpc) is 3.42. The first kappa shape index (κ1) is 22.6. The monoisotopic (exact) mass is 539 g/mol. The van der Waals surface area contributed by atoms with E-state index in [1.54, 1.807) is 0 Å². The van der Waals surface area contributed by atoms with Gasteiger partial charge in [0.2, 0.25) is 0 Å². The number of rotatable bonds is 2. The van der Waals surface area contributed by atoms with Crippen LogP contribution in [0.25, 0.3) is 86.0 Å². The Bertz CT molecular complexity index is 2480. The summed E-state index contributed by atoms with van der Waals surface area (Å²) in [6.07, 6.45) is 3.69. The summed E-state index contributed by atoms with van der Waals surface area (Å²) in [4.78, 5) is 14.5. The van der Waals surface area contributed by atoms with E-state index in [4.69, 9.17) is 9.97 Å². The van der Waals surface area contributed by atoms with Gasteiger partial charge in [-0.05, 0) is 47.5 Å². The zero-order chi connectivity index (χ0) is 26.9. The van der Waals surface area contributed by atoms with Crippen molar-refractivity contribution in [3.8, 4) is 22.4 Å². The number of hydrogen-bond donors (Lipinski definition) is 0. The Morgan fingerprint density at radius 3 is 2.22 bits per heavy atom. The SMILES string of the molecule is c1ccc(-c2nc3ccccc3c3c2ccc2c4cc(-c5cc6cccnc6c6ncccc56)ccc4sc23)cc1. The molecule has 3 nitrogen and oxygen atoms in total. The summed E-state index contributed by atoms with van der Waals surface area (Å²) in [5, 5.41) is 8.43. The first-order chi connectivity index (χ1) is 20.3. The normalized spacial score (nSPS) is 11.9. The van der Waals surface area contributed by atoms with Crippen molar-refractivity contribution >= 4 is 75.0 Å². The molecule has 0 aliphatic heterocycles. The van der Waals surface area contributed by atoms with Crippen LogP contribution in [0.4, 0.5) is 0 Å². The van der Waals surface area contributed by atoms with Crippen molar-refractivity contribution in [3.63, 3.8) is 0 Å². The molecule has 0 unspecified atom stereocenters. The van der Waals surface area contributed by atoms with Gasteiger partial charge in [0.1, 0.15) is 0 Å². The van der Waals surface area contributed by atoms with Crippen LogP contribution in [0.15, 0.2) is 128 Å². The molecule has 41 heavy (non-hydrogen) atoms. The smallest absolute Gasteiger partial charge is 0.0970 e. The Kier molecular flexibility index (Phi) is 4.77. The first-order valence-electron chi connectivity index (χ1n) is 13.7. The summed E-state index contributed by atoms with van der Waals surface area (Å²) in [6.45, 7) is 0. The fourth-order valence-electron chi connectivity index (χ4n) is 6.27. The topological polar surface area (TPSA) is 38.7 Å². The lowest BCUT2D eigenvalue weighted by Crippen LogP contribution is -1.89. The molecule has 0 aliphatic rings. The summed E-state index contributed by atoms with van der Waals surface area (Å²) in [7, 11) is 0. The second-order valence-electron chi connectivity index (χ2n) is 10.4. The summed E-state index contributed by atoms with van der Waals surface area (Å²) in [6, 6.07) is 41.0. The molecule has 0 bridgehead atoms. The summed E-state index contributed by atoms with van der Waals surface area (Å²) >= 11 is 1.87. The van der Waals surface area contributed by atoms with Crippen LogP contribution in [-0.2, 0) is 0 Å². The number of benzene rings is 5. The van der Waals surface area contributed by atoms with Crippen LogP contribution in [0.1, 0.15) is 0 Å². The van der Waals surface area contributed by atoms with Crippen molar-refractivity contribution in [2.45, 2.75) is 0 Å². The second kappa shape index (κ2) is 8.65. The molecule has 5 aromatic carbocycles. The van der Waals surface area contributed by atoms with Crippen LogP contribution in [0.2, 0.25) is 0 Å². The molecular formula is C37H21N3S. The fraction of sp³-hybridized carbons (Fsp3) is 0. The van der Waals surface area contributed by atoms with E-state index < -0.39 is 0 Å².